The molecule has 230 valence electrons. The van der Waals surface area contributed by atoms with Crippen molar-refractivity contribution in [3.8, 4) is 0 Å². The Balaban J connectivity index is 1.33. The van der Waals surface area contributed by atoms with Crippen molar-refractivity contribution in [2.24, 2.45) is 5.92 Å². The maximum absolute atomic E-state index is 13.1. The van der Waals surface area contributed by atoms with Gasteiger partial charge in [0, 0.05) is 56.3 Å². The molecule has 13 heteroatoms. The van der Waals surface area contributed by atoms with Crippen LogP contribution in [0.4, 0.5) is 11.6 Å². The Bertz CT molecular complexity index is 1480. The maximum Gasteiger partial charge on any atom is 0.328 e. The van der Waals surface area contributed by atoms with E-state index >= 15 is 0 Å². The lowest BCUT2D eigenvalue weighted by Crippen LogP contribution is -2.46. The van der Waals surface area contributed by atoms with Crippen LogP contribution in [0.5, 0.6) is 0 Å². The third-order valence-corrected chi connectivity index (χ3v) is 8.75. The topological polar surface area (TPSA) is 143 Å². The molecule has 1 amide bonds. The van der Waals surface area contributed by atoms with Crippen LogP contribution in [-0.2, 0) is 24.4 Å². The second-order valence-electron chi connectivity index (χ2n) is 11.1. The second kappa shape index (κ2) is 13.9. The summed E-state index contributed by atoms with van der Waals surface area (Å²) in [5.41, 5.74) is 0.223. The number of ether oxygens (including phenoxy) is 1. The fourth-order valence-corrected chi connectivity index (χ4v) is 6.41. The molecule has 1 aromatic heterocycles. The minimum atomic E-state index is -4.10. The van der Waals surface area contributed by atoms with Crippen LogP contribution in [0.15, 0.2) is 78.0 Å². The number of carbonyl (C=O) groups excluding carboxylic acids is 2. The number of carbonyl (C=O) groups is 2. The highest BCUT2D eigenvalue weighted by Crippen LogP contribution is 2.31. The first kappa shape index (κ1) is 31.9. The molecule has 0 saturated carbocycles. The van der Waals surface area contributed by atoms with E-state index in [-0.39, 0.29) is 35.9 Å². The lowest BCUT2D eigenvalue weighted by molar-refractivity contribution is -0.182. The molecule has 12 nitrogen and oxygen atoms in total. The minimum Gasteiger partial charge on any atom is -0.361 e. The van der Waals surface area contributed by atoms with E-state index in [9.17, 15) is 18.0 Å². The first-order valence-electron chi connectivity index (χ1n) is 14.0. The molecule has 0 radical (unpaired) electrons. The first-order valence-corrected chi connectivity index (χ1v) is 15.4. The van der Waals surface area contributed by atoms with Gasteiger partial charge < -0.3 is 25.1 Å². The lowest BCUT2D eigenvalue weighted by atomic mass is 10.1. The normalized spacial score (nSPS) is 17.1. The summed E-state index contributed by atoms with van der Waals surface area (Å²) in [5, 5.41) is 5.98. The first-order chi connectivity index (χ1) is 20.5. The summed E-state index contributed by atoms with van der Waals surface area (Å²) in [6.07, 6.45) is 3.81. The van der Waals surface area contributed by atoms with Crippen LogP contribution in [-0.4, -0.2) is 73.2 Å². The molecule has 2 aromatic carbocycles. The smallest absolute Gasteiger partial charge is 0.328 e. The molecule has 1 aliphatic heterocycles. The molecule has 1 saturated heterocycles. The predicted octanol–water partition coefficient (Wildman–Crippen LogP) is 3.46. The highest BCUT2D eigenvalue weighted by Gasteiger charge is 2.38. The third kappa shape index (κ3) is 8.06. The Kier molecular flexibility index (Phi) is 10.3. The molecule has 43 heavy (non-hydrogen) atoms. The number of methoxy groups -OCH3 is 1. The van der Waals surface area contributed by atoms with Crippen molar-refractivity contribution in [3.63, 3.8) is 0 Å². The molecule has 0 unspecified atom stereocenters. The van der Waals surface area contributed by atoms with Gasteiger partial charge in [-0.15, -0.1) is 0 Å². The van der Waals surface area contributed by atoms with E-state index in [4.69, 9.17) is 9.57 Å². The highest BCUT2D eigenvalue weighted by atomic mass is 32.2. The number of aromatic nitrogens is 2. The van der Waals surface area contributed by atoms with Gasteiger partial charge in [-0.25, -0.2) is 18.4 Å². The Morgan fingerprint density at radius 3 is 2.44 bits per heavy atom. The van der Waals surface area contributed by atoms with E-state index in [1.54, 1.807) is 82.7 Å². The SMILES string of the molecule is CO[C@H]1[C@H](CNc2ncccn2)CCN1c1cccc(C(=O)NCCC(=O)ON(C(C)(C)C)S(=O)(=O)c2ccccc2)c1. The summed E-state index contributed by atoms with van der Waals surface area (Å²) >= 11 is 0. The number of benzene rings is 2. The Hall–Kier alpha value is -4.07. The summed E-state index contributed by atoms with van der Waals surface area (Å²) in [6, 6.07) is 16.7. The number of nitrogens with zero attached hydrogens (tertiary/aromatic N) is 4. The van der Waals surface area contributed by atoms with Gasteiger partial charge in [-0.3, -0.25) is 9.59 Å². The fourth-order valence-electron chi connectivity index (χ4n) is 4.82. The van der Waals surface area contributed by atoms with E-state index < -0.39 is 21.5 Å². The molecule has 3 aromatic rings. The van der Waals surface area contributed by atoms with Gasteiger partial charge in [0.05, 0.1) is 16.9 Å². The molecule has 2 heterocycles. The lowest BCUT2D eigenvalue weighted by Gasteiger charge is -2.32. The van der Waals surface area contributed by atoms with Crippen LogP contribution in [0.2, 0.25) is 0 Å². The monoisotopic (exact) mass is 610 g/mol. The second-order valence-corrected chi connectivity index (χ2v) is 12.8. The van der Waals surface area contributed by atoms with Crippen LogP contribution in [0.3, 0.4) is 0 Å². The van der Waals surface area contributed by atoms with Gasteiger partial charge in [-0.1, -0.05) is 24.3 Å². The number of anilines is 2. The van der Waals surface area contributed by atoms with Crippen LogP contribution >= 0.6 is 0 Å². The van der Waals surface area contributed by atoms with Gasteiger partial charge in [0.2, 0.25) is 5.95 Å². The summed E-state index contributed by atoms with van der Waals surface area (Å²) in [7, 11) is -2.44. The van der Waals surface area contributed by atoms with Crippen molar-refractivity contribution < 1.29 is 27.6 Å². The Morgan fingerprint density at radius 1 is 1.05 bits per heavy atom. The number of amides is 1. The molecule has 0 spiro atoms. The zero-order valence-electron chi connectivity index (χ0n) is 24.8. The predicted molar refractivity (Wildman–Crippen MR) is 161 cm³/mol. The fraction of sp³-hybridized carbons (Fsp3) is 0.400. The quantitative estimate of drug-likeness (QED) is 0.293. The van der Waals surface area contributed by atoms with Gasteiger partial charge in [-0.05, 0) is 68.1 Å². The molecule has 1 fully saturated rings. The minimum absolute atomic E-state index is 0.00687. The van der Waals surface area contributed by atoms with Gasteiger partial charge in [-0.2, -0.15) is 0 Å². The van der Waals surface area contributed by atoms with Crippen molar-refractivity contribution in [1.29, 1.82) is 0 Å². The molecule has 0 bridgehead atoms. The van der Waals surface area contributed by atoms with E-state index in [0.29, 0.717) is 22.5 Å². The van der Waals surface area contributed by atoms with Gasteiger partial charge >= 0.3 is 5.97 Å². The molecule has 2 N–H and O–H groups in total. The van der Waals surface area contributed by atoms with Crippen molar-refractivity contribution in [1.82, 2.24) is 19.8 Å². The molecule has 0 aliphatic carbocycles. The van der Waals surface area contributed by atoms with Crippen LogP contribution in [0.25, 0.3) is 0 Å². The molecular formula is C30H38N6O6S. The summed E-state index contributed by atoms with van der Waals surface area (Å²) < 4.78 is 32.8. The molecule has 2 atom stereocenters. The third-order valence-electron chi connectivity index (χ3n) is 6.83. The zero-order valence-corrected chi connectivity index (χ0v) is 25.6. The van der Waals surface area contributed by atoms with Gasteiger partial charge in [0.25, 0.3) is 15.9 Å². The number of hydrogen-bond donors (Lipinski definition) is 2. The number of rotatable bonds is 12. The van der Waals surface area contributed by atoms with Crippen LogP contribution in [0.1, 0.15) is 44.0 Å². The average molecular weight is 611 g/mol. The highest BCUT2D eigenvalue weighted by molar-refractivity contribution is 7.89. The van der Waals surface area contributed by atoms with Crippen molar-refractivity contribution >= 4 is 33.5 Å². The van der Waals surface area contributed by atoms with Crippen LogP contribution in [0, 0.1) is 5.92 Å². The Labute approximate surface area is 252 Å². The van der Waals surface area contributed by atoms with Crippen molar-refractivity contribution in [2.45, 2.75) is 50.3 Å². The largest absolute Gasteiger partial charge is 0.361 e. The molecule has 4 rings (SSSR count). The van der Waals surface area contributed by atoms with E-state index in [0.717, 1.165) is 18.7 Å². The molecule has 1 aliphatic rings. The number of nitrogens with one attached hydrogen (secondary N) is 2. The summed E-state index contributed by atoms with van der Waals surface area (Å²) in [6.45, 7) is 6.22. The van der Waals surface area contributed by atoms with Crippen molar-refractivity contribution in [3.05, 3.63) is 78.6 Å². The van der Waals surface area contributed by atoms with Crippen LogP contribution < -0.4 is 15.5 Å². The maximum atomic E-state index is 13.1. The van der Waals surface area contributed by atoms with Gasteiger partial charge in [0.1, 0.15) is 6.23 Å². The Morgan fingerprint density at radius 2 is 1.77 bits per heavy atom. The van der Waals surface area contributed by atoms with E-state index in [1.807, 2.05) is 6.07 Å². The van der Waals surface area contributed by atoms with E-state index in [1.165, 1.54) is 12.1 Å². The molecular weight excluding hydrogens is 572 g/mol. The zero-order chi connectivity index (χ0) is 31.0. The van der Waals surface area contributed by atoms with E-state index in [2.05, 4.69) is 25.5 Å². The summed E-state index contributed by atoms with van der Waals surface area (Å²) in [5.74, 6) is -0.422. The number of hydroxylamine groups is 1. The summed E-state index contributed by atoms with van der Waals surface area (Å²) in [4.78, 5) is 41.4. The average Bonchev–Trinajstić information content (AvgIpc) is 3.42. The van der Waals surface area contributed by atoms with Crippen molar-refractivity contribution in [2.75, 3.05) is 37.0 Å². The number of hydrogen-bond acceptors (Lipinski definition) is 10. The standard InChI is InChI=1S/C30H38N6O6S/c1-30(2,3)36(43(39,40)25-12-6-5-7-13-25)42-26(37)14-18-31-27(38)22-10-8-11-24(20-22)35-19-15-23(28(35)41-4)21-34-29-32-16-9-17-33-29/h5-13,16-17,20,23,28H,14-15,18-19,21H2,1-4H3,(H,31,38)(H,32,33,34)/t23-,28-/m0/s1. The van der Waals surface area contributed by atoms with Gasteiger partial charge in [0.15, 0.2) is 0 Å². The number of sulfonamides is 1.